The van der Waals surface area contributed by atoms with E-state index in [0.29, 0.717) is 12.3 Å². The summed E-state index contributed by atoms with van der Waals surface area (Å²) in [5.74, 6) is 0.366. The second-order valence-corrected chi connectivity index (χ2v) is 7.61. The molecule has 0 aliphatic carbocycles. The van der Waals surface area contributed by atoms with Crippen LogP contribution in [0.5, 0.6) is 0 Å². The third kappa shape index (κ3) is 4.26. The molecule has 1 aromatic heterocycles. The summed E-state index contributed by atoms with van der Waals surface area (Å²) in [6, 6.07) is 8.44. The third-order valence-corrected chi connectivity index (χ3v) is 5.27. The maximum absolute atomic E-state index is 12.8. The smallest absolute Gasteiger partial charge is 0.264 e. The second kappa shape index (κ2) is 8.59. The monoisotopic (exact) mass is 382 g/mol. The van der Waals surface area contributed by atoms with Crippen LogP contribution in [0.3, 0.4) is 0 Å². The minimum absolute atomic E-state index is 0.0362. The van der Waals surface area contributed by atoms with E-state index in [0.717, 1.165) is 35.5 Å². The lowest BCUT2D eigenvalue weighted by molar-refractivity contribution is -0.132. The van der Waals surface area contributed by atoms with Crippen LogP contribution in [0.2, 0.25) is 0 Å². The molecule has 0 saturated carbocycles. The van der Waals surface area contributed by atoms with Gasteiger partial charge in [0.15, 0.2) is 0 Å². The van der Waals surface area contributed by atoms with Gasteiger partial charge in [0.1, 0.15) is 0 Å². The van der Waals surface area contributed by atoms with E-state index in [1.165, 1.54) is 5.56 Å². The van der Waals surface area contributed by atoms with E-state index in [1.807, 2.05) is 24.7 Å². The Balaban J connectivity index is 1.63. The predicted octanol–water partition coefficient (Wildman–Crippen LogP) is 4.10. The minimum atomic E-state index is -0.594. The van der Waals surface area contributed by atoms with Gasteiger partial charge in [0.2, 0.25) is 6.10 Å². The first-order chi connectivity index (χ1) is 13.4. The van der Waals surface area contributed by atoms with E-state index in [4.69, 9.17) is 4.84 Å². The van der Waals surface area contributed by atoms with Crippen LogP contribution in [-0.2, 0) is 16.2 Å². The zero-order chi connectivity index (χ0) is 20.3. The van der Waals surface area contributed by atoms with E-state index in [2.05, 4.69) is 60.6 Å². The van der Waals surface area contributed by atoms with Crippen molar-refractivity contribution in [1.29, 1.82) is 0 Å². The fourth-order valence-electron chi connectivity index (χ4n) is 3.44. The van der Waals surface area contributed by atoms with Crippen molar-refractivity contribution in [1.82, 2.24) is 15.1 Å². The number of benzene rings is 1. The molecule has 1 aromatic carbocycles. The Morgan fingerprint density at radius 2 is 1.93 bits per heavy atom. The lowest BCUT2D eigenvalue weighted by Gasteiger charge is -2.20. The molecule has 150 valence electrons. The Kier molecular flexibility index (Phi) is 6.17. The number of nitrogens with zero attached hydrogens (tertiary/aromatic N) is 3. The molecule has 6 heteroatoms. The predicted molar refractivity (Wildman–Crippen MR) is 110 cm³/mol. The Morgan fingerprint density at radius 1 is 1.25 bits per heavy atom. The third-order valence-electron chi connectivity index (χ3n) is 5.27. The van der Waals surface area contributed by atoms with E-state index in [1.54, 1.807) is 0 Å². The van der Waals surface area contributed by atoms with Gasteiger partial charge in [0.25, 0.3) is 5.91 Å². The van der Waals surface area contributed by atoms with Crippen LogP contribution in [0.15, 0.2) is 35.6 Å². The van der Waals surface area contributed by atoms with Crippen LogP contribution in [0.25, 0.3) is 0 Å². The number of rotatable bonds is 7. The highest BCUT2D eigenvalue weighted by Gasteiger charge is 2.31. The highest BCUT2D eigenvalue weighted by Crippen LogP contribution is 2.23. The van der Waals surface area contributed by atoms with Crippen molar-refractivity contribution in [2.75, 3.05) is 0 Å². The minimum Gasteiger partial charge on any atom is -0.382 e. The number of hydrogen-bond acceptors (Lipinski definition) is 4. The van der Waals surface area contributed by atoms with Crippen molar-refractivity contribution < 1.29 is 9.63 Å². The van der Waals surface area contributed by atoms with Crippen molar-refractivity contribution in [2.24, 2.45) is 5.16 Å². The number of aryl methyl sites for hydroxylation is 2. The first-order valence-corrected chi connectivity index (χ1v) is 10.1. The number of carbonyl (C=O) groups is 1. The number of amides is 1. The molecular weight excluding hydrogens is 352 g/mol. The first kappa shape index (κ1) is 20.1. The fourth-order valence-corrected chi connectivity index (χ4v) is 3.44. The maximum atomic E-state index is 12.8. The van der Waals surface area contributed by atoms with E-state index in [9.17, 15) is 4.79 Å². The average Bonchev–Trinajstić information content (AvgIpc) is 3.32. The molecular formula is C22H30N4O2. The van der Waals surface area contributed by atoms with Crippen molar-refractivity contribution in [3.8, 4) is 0 Å². The van der Waals surface area contributed by atoms with Crippen LogP contribution in [-0.4, -0.2) is 27.5 Å². The number of aromatic nitrogens is 2. The van der Waals surface area contributed by atoms with Crippen LogP contribution in [0, 0.1) is 6.92 Å². The van der Waals surface area contributed by atoms with Gasteiger partial charge in [-0.05, 0) is 37.3 Å². The Bertz CT molecular complexity index is 852. The van der Waals surface area contributed by atoms with Gasteiger partial charge >= 0.3 is 0 Å². The summed E-state index contributed by atoms with van der Waals surface area (Å²) in [7, 11) is 0. The number of nitrogens with one attached hydrogen (secondary N) is 1. The largest absolute Gasteiger partial charge is 0.382 e. The fraction of sp³-hybridized carbons (Fsp3) is 0.500. The molecule has 6 nitrogen and oxygen atoms in total. The number of carbonyl (C=O) groups excluding carboxylic acids is 1. The zero-order valence-corrected chi connectivity index (χ0v) is 17.4. The molecule has 0 bridgehead atoms. The Hall–Kier alpha value is -2.63. The normalized spacial score (nSPS) is 17.4. The molecule has 2 aromatic rings. The van der Waals surface area contributed by atoms with Gasteiger partial charge in [-0.15, -0.1) is 0 Å². The van der Waals surface area contributed by atoms with Gasteiger partial charge in [-0.1, -0.05) is 50.2 Å². The van der Waals surface area contributed by atoms with Crippen LogP contribution < -0.4 is 5.32 Å². The van der Waals surface area contributed by atoms with Crippen molar-refractivity contribution in [3.63, 3.8) is 0 Å². The summed E-state index contributed by atoms with van der Waals surface area (Å²) >= 11 is 0. The summed E-state index contributed by atoms with van der Waals surface area (Å²) in [5.41, 5.74) is 5.05. The van der Waals surface area contributed by atoms with Gasteiger partial charge in [0, 0.05) is 24.7 Å². The van der Waals surface area contributed by atoms with Crippen molar-refractivity contribution >= 4 is 11.6 Å². The molecule has 1 amide bonds. The molecule has 2 heterocycles. The highest BCUT2D eigenvalue weighted by atomic mass is 16.6. The summed E-state index contributed by atoms with van der Waals surface area (Å²) in [6.45, 7) is 11.2. The van der Waals surface area contributed by atoms with Gasteiger partial charge in [-0.25, -0.2) is 0 Å². The molecule has 0 saturated heterocycles. The lowest BCUT2D eigenvalue weighted by atomic mass is 9.97. The van der Waals surface area contributed by atoms with E-state index in [-0.39, 0.29) is 11.9 Å². The SMILES string of the molecule is CCC(NC(=O)C1CC(c2cn(CC)nc2C)=NO1)c1ccc(C(C)C)cc1. The number of oxime groups is 1. The van der Waals surface area contributed by atoms with Gasteiger partial charge in [0.05, 0.1) is 17.4 Å². The maximum Gasteiger partial charge on any atom is 0.264 e. The molecule has 0 spiro atoms. The molecule has 0 radical (unpaired) electrons. The summed E-state index contributed by atoms with van der Waals surface area (Å²) in [6.07, 6.45) is 2.65. The molecule has 28 heavy (non-hydrogen) atoms. The quantitative estimate of drug-likeness (QED) is 0.784. The molecule has 2 unspecified atom stereocenters. The summed E-state index contributed by atoms with van der Waals surface area (Å²) in [4.78, 5) is 18.2. The molecule has 1 N–H and O–H groups in total. The van der Waals surface area contributed by atoms with Gasteiger partial charge in [-0.3, -0.25) is 9.48 Å². The number of hydrogen-bond donors (Lipinski definition) is 1. The molecule has 1 aliphatic heterocycles. The topological polar surface area (TPSA) is 68.5 Å². The molecule has 0 fully saturated rings. The van der Waals surface area contributed by atoms with Crippen molar-refractivity contribution in [2.45, 2.75) is 72.1 Å². The summed E-state index contributed by atoms with van der Waals surface area (Å²) < 4.78 is 1.87. The average molecular weight is 383 g/mol. The second-order valence-electron chi connectivity index (χ2n) is 7.61. The highest BCUT2D eigenvalue weighted by molar-refractivity contribution is 6.04. The Morgan fingerprint density at radius 3 is 2.50 bits per heavy atom. The lowest BCUT2D eigenvalue weighted by Crippen LogP contribution is -2.37. The van der Waals surface area contributed by atoms with Crippen LogP contribution in [0.1, 0.15) is 74.9 Å². The standard InChI is InChI=1S/C22H30N4O2/c1-6-19(17-10-8-16(9-11-17)14(3)4)23-22(27)21-12-20(25-28-21)18-13-26(7-2)24-15(18)5/h8-11,13-14,19,21H,6-7,12H2,1-5H3,(H,23,27). The molecule has 2 atom stereocenters. The van der Waals surface area contributed by atoms with Crippen molar-refractivity contribution in [3.05, 3.63) is 52.8 Å². The molecule has 3 rings (SSSR count). The first-order valence-electron chi connectivity index (χ1n) is 10.1. The van der Waals surface area contributed by atoms with E-state index < -0.39 is 6.10 Å². The molecule has 1 aliphatic rings. The van der Waals surface area contributed by atoms with E-state index >= 15 is 0 Å². The Labute approximate surface area is 167 Å². The van der Waals surface area contributed by atoms with Crippen LogP contribution in [0.4, 0.5) is 0 Å². The summed E-state index contributed by atoms with van der Waals surface area (Å²) in [5, 5.41) is 11.7. The van der Waals surface area contributed by atoms with Crippen LogP contribution >= 0.6 is 0 Å². The van der Waals surface area contributed by atoms with Gasteiger partial charge < -0.3 is 10.2 Å². The zero-order valence-electron chi connectivity index (χ0n) is 17.4. The van der Waals surface area contributed by atoms with Gasteiger partial charge in [-0.2, -0.15) is 5.10 Å².